The number of azo groups is 4. The van der Waals surface area contributed by atoms with E-state index in [1.807, 2.05) is 0 Å². The number of sulfone groups is 2. The lowest BCUT2D eigenvalue weighted by molar-refractivity contribution is 0.0696. The zero-order valence-electron chi connectivity index (χ0n) is 38.6. The predicted octanol–water partition coefficient (Wildman–Crippen LogP) is 5.12. The molecule has 0 fully saturated rings. The number of hydrogen-bond donors (Lipinski definition) is 11. The lowest BCUT2D eigenvalue weighted by Gasteiger charge is -2.09. The normalized spacial score (nSPS) is 12.9. The quantitative estimate of drug-likeness (QED) is 0.0298. The van der Waals surface area contributed by atoms with Crippen LogP contribution in [0.1, 0.15) is 10.4 Å². The Morgan fingerprint density at radius 1 is 0.481 bits per heavy atom. The van der Waals surface area contributed by atoms with Gasteiger partial charge in [0.15, 0.2) is 31.1 Å². The van der Waals surface area contributed by atoms with Crippen molar-refractivity contribution in [1.29, 1.82) is 0 Å². The van der Waals surface area contributed by atoms with Gasteiger partial charge in [0.05, 0.1) is 62.8 Å². The largest absolute Gasteiger partial charge is 0.505 e. The van der Waals surface area contributed by atoms with Gasteiger partial charge >= 0.3 is 38.8 Å². The second kappa shape index (κ2) is 24.1. The molecule has 36 nitrogen and oxygen atoms in total. The van der Waals surface area contributed by atoms with Gasteiger partial charge in [-0.2, -0.15) is 43.9 Å². The van der Waals surface area contributed by atoms with Gasteiger partial charge in [-0.05, 0) is 78.9 Å². The Bertz CT molecular complexity index is 4140. The lowest BCUT2D eigenvalue weighted by Crippen LogP contribution is -2.19. The van der Waals surface area contributed by atoms with Crippen molar-refractivity contribution < 1.29 is 107 Å². The number of anilines is 2. The molecule has 0 saturated heterocycles. The molecule has 79 heavy (non-hydrogen) atoms. The molecule has 0 bridgehead atoms. The van der Waals surface area contributed by atoms with Gasteiger partial charge in [-0.25, -0.2) is 39.6 Å². The van der Waals surface area contributed by atoms with E-state index in [4.69, 9.17) is 20.6 Å². The van der Waals surface area contributed by atoms with Gasteiger partial charge < -0.3 is 37.4 Å². The molecule has 422 valence electrons. The number of carboxylic acids is 1. The lowest BCUT2D eigenvalue weighted by atomic mass is 10.1. The highest BCUT2D eigenvalue weighted by molar-refractivity contribution is 7.92. The van der Waals surface area contributed by atoms with E-state index >= 15 is 0 Å². The molecule has 0 aliphatic heterocycles. The van der Waals surface area contributed by atoms with Crippen molar-refractivity contribution in [2.45, 2.75) is 19.6 Å². The van der Waals surface area contributed by atoms with Gasteiger partial charge in [-0.1, -0.05) is 0 Å². The molecular formula is C37H34N12O24S6. The number of benzene rings is 5. The Morgan fingerprint density at radius 2 is 0.848 bits per heavy atom. The van der Waals surface area contributed by atoms with E-state index in [1.165, 1.54) is 0 Å². The van der Waals surface area contributed by atoms with Crippen LogP contribution in [0.4, 0.5) is 66.5 Å². The summed E-state index contributed by atoms with van der Waals surface area (Å²) in [5, 5.41) is 66.2. The van der Waals surface area contributed by atoms with Gasteiger partial charge in [0.1, 0.15) is 44.0 Å². The molecule has 0 atom stereocenters. The van der Waals surface area contributed by atoms with E-state index in [0.29, 0.717) is 18.2 Å². The maximum atomic E-state index is 12.7. The Labute approximate surface area is 443 Å². The summed E-state index contributed by atoms with van der Waals surface area (Å²) in [6, 6.07) is 8.51. The first-order valence-corrected chi connectivity index (χ1v) is 29.2. The van der Waals surface area contributed by atoms with Gasteiger partial charge in [-0.15, -0.1) is 30.7 Å². The fourth-order valence-electron chi connectivity index (χ4n) is 5.93. The summed E-state index contributed by atoms with van der Waals surface area (Å²) in [6.45, 7) is -2.16. The van der Waals surface area contributed by atoms with Crippen LogP contribution in [0.2, 0.25) is 0 Å². The molecule has 13 N–H and O–H groups in total. The summed E-state index contributed by atoms with van der Waals surface area (Å²) >= 11 is 0. The minimum Gasteiger partial charge on any atom is -0.505 e. The number of phenols is 2. The third-order valence-corrected chi connectivity index (χ3v) is 15.3. The molecule has 0 aromatic heterocycles. The molecule has 0 radical (unpaired) electrons. The van der Waals surface area contributed by atoms with Crippen molar-refractivity contribution >= 4 is 136 Å². The molecular weight excluding hydrogens is 1190 g/mol. The minimum absolute atomic E-state index is 0.244. The molecule has 5 aromatic carbocycles. The van der Waals surface area contributed by atoms with Crippen LogP contribution in [0.3, 0.4) is 0 Å². The third-order valence-electron chi connectivity index (χ3n) is 9.30. The van der Waals surface area contributed by atoms with Crippen LogP contribution in [-0.2, 0) is 69.1 Å². The highest BCUT2D eigenvalue weighted by Crippen LogP contribution is 2.47. The van der Waals surface area contributed by atoms with E-state index in [1.54, 1.807) is 0 Å². The van der Waals surface area contributed by atoms with Crippen molar-refractivity contribution in [3.63, 3.8) is 0 Å². The maximum absolute atomic E-state index is 12.7. The van der Waals surface area contributed by atoms with Crippen LogP contribution < -0.4 is 22.1 Å². The fourth-order valence-corrected chi connectivity index (χ4v) is 10.4. The van der Waals surface area contributed by atoms with Crippen molar-refractivity contribution in [2.24, 2.45) is 52.4 Å². The first-order valence-electron chi connectivity index (χ1n) is 20.3. The van der Waals surface area contributed by atoms with Crippen LogP contribution in [0.15, 0.2) is 139 Å². The van der Waals surface area contributed by atoms with Crippen molar-refractivity contribution in [3.8, 4) is 11.5 Å². The van der Waals surface area contributed by atoms with Crippen LogP contribution in [0, 0.1) is 0 Å². The molecule has 4 amide bonds. The van der Waals surface area contributed by atoms with Crippen molar-refractivity contribution in [3.05, 3.63) is 84.4 Å². The van der Waals surface area contributed by atoms with E-state index in [9.17, 15) is 89.3 Å². The van der Waals surface area contributed by atoms with Crippen molar-refractivity contribution in [1.82, 2.24) is 0 Å². The number of phenolic OH excluding ortho intramolecular Hbond substituents is 2. The number of carboxylic acid groups (broad SMARTS) is 1. The van der Waals surface area contributed by atoms with E-state index in [2.05, 4.69) is 59.9 Å². The zero-order valence-corrected chi connectivity index (χ0v) is 43.5. The number of rotatable bonds is 23. The van der Waals surface area contributed by atoms with E-state index < -0.39 is 163 Å². The van der Waals surface area contributed by atoms with Gasteiger partial charge in [0.2, 0.25) is 0 Å². The first kappa shape index (κ1) is 61.4. The molecule has 0 saturated carbocycles. The number of nitrogens with two attached hydrogens (primary N) is 2. The topological polar surface area (TPSA) is 591 Å². The number of carbonyl (C=O) groups excluding carboxylic acids is 2. The van der Waals surface area contributed by atoms with Gasteiger partial charge in [0, 0.05) is 0 Å². The molecule has 5 aromatic rings. The number of urea groups is 2. The number of primary amides is 2. The Hall–Kier alpha value is -8.43. The second-order valence-electron chi connectivity index (χ2n) is 14.8. The average Bonchev–Trinajstić information content (AvgIpc) is 3.33. The molecule has 0 unspecified atom stereocenters. The number of carbonyl (C=O) groups is 3. The van der Waals surface area contributed by atoms with Crippen LogP contribution >= 0.6 is 0 Å². The van der Waals surface area contributed by atoms with Gasteiger partial charge in [0.25, 0.3) is 20.2 Å². The highest BCUT2D eigenvalue weighted by Gasteiger charge is 2.26. The number of nitrogens with zero attached hydrogens (tertiary/aromatic N) is 8. The Kier molecular flexibility index (Phi) is 18.7. The number of nitrogens with one attached hydrogen (secondary N) is 2. The third kappa shape index (κ3) is 17.3. The summed E-state index contributed by atoms with van der Waals surface area (Å²) in [4.78, 5) is 32.3. The summed E-state index contributed by atoms with van der Waals surface area (Å²) in [7, 11) is -29.6. The number of aromatic hydroxyl groups is 2. The highest BCUT2D eigenvalue weighted by atomic mass is 32.3. The van der Waals surface area contributed by atoms with Crippen molar-refractivity contribution in [2.75, 3.05) is 35.4 Å². The maximum Gasteiger partial charge on any atom is 0.397 e. The van der Waals surface area contributed by atoms with Crippen LogP contribution in [0.25, 0.3) is 0 Å². The molecule has 0 aliphatic rings. The summed E-state index contributed by atoms with van der Waals surface area (Å²) in [5.74, 6) is -6.10. The predicted molar refractivity (Wildman–Crippen MR) is 264 cm³/mol. The smallest absolute Gasteiger partial charge is 0.397 e. The minimum atomic E-state index is -5.27. The molecule has 5 rings (SSSR count). The Morgan fingerprint density at radius 3 is 1.20 bits per heavy atom. The molecule has 0 aliphatic carbocycles. The fraction of sp³-hybridized carbons (Fsp3) is 0.108. The molecule has 42 heteroatoms. The first-order chi connectivity index (χ1) is 36.4. The summed E-state index contributed by atoms with van der Waals surface area (Å²) in [6.07, 6.45) is 0. The monoisotopic (exact) mass is 1220 g/mol. The Balaban J connectivity index is 1.47. The molecule has 0 heterocycles. The number of amides is 4. The van der Waals surface area contributed by atoms with Gasteiger partial charge in [-0.3, -0.25) is 18.2 Å². The number of aromatic carboxylic acids is 1. The number of hydrogen-bond acceptors (Lipinski definition) is 27. The summed E-state index contributed by atoms with van der Waals surface area (Å²) in [5.41, 5.74) is 4.76. The standard InChI is InChI=1S/C37H34N12O24S6/c38-36(54)40-27-13-18(1-5-23(27)44-46-25-7-3-20(15-30(25)76(60,61)62)74(56,57)11-9-72-78(66,67)68)42-48-32-22(35(52)53)17-29(50)33(34(32)51)49-43-19-2-6-24(28(14-19)41-37(39)55)45-47-26-8-4-21(16-31(26)77(63,64)65)75(58,59)12-10-73-79(69,70)71/h1-8,13-17,50-51H,9-12H2,(H,52,53)(H3,38,40,54)(H3,39,41,55)(H,60,61,62)(H,63,64,65)(H,66,67,68)(H,69,70,71). The average molecular weight is 1220 g/mol. The van der Waals surface area contributed by atoms with E-state index in [0.717, 1.165) is 60.7 Å². The molecule has 0 spiro atoms. The van der Waals surface area contributed by atoms with Crippen LogP contribution in [-0.4, -0.2) is 127 Å². The van der Waals surface area contributed by atoms with Crippen LogP contribution in [0.5, 0.6) is 11.5 Å². The van der Waals surface area contributed by atoms with E-state index in [-0.39, 0.29) is 34.1 Å². The zero-order chi connectivity index (χ0) is 59.1. The summed E-state index contributed by atoms with van der Waals surface area (Å²) < 4.78 is 188. The SMILES string of the molecule is NC(=O)Nc1cc(N=Nc2c(O)cc(C(=O)O)c(N=Nc3ccc(N=Nc4ccc(S(=O)(=O)CCOS(=O)(=O)O)cc4S(=O)(=O)O)c(NC(N)=O)c3)c2O)ccc1N=Nc1ccc(S(=O)(=O)CCOS(=O)(=O)O)cc1S(=O)(=O)O. The second-order valence-corrected chi connectivity index (χ2v) is 24.0.